The van der Waals surface area contributed by atoms with E-state index in [2.05, 4.69) is 9.71 Å². The van der Waals surface area contributed by atoms with Crippen LogP contribution >= 0.6 is 35.2 Å². The molecule has 1 aromatic carbocycles. The molecule has 0 saturated heterocycles. The van der Waals surface area contributed by atoms with Crippen LogP contribution < -0.4 is 10.5 Å². The molecule has 2 rings (SSSR count). The van der Waals surface area contributed by atoms with Crippen molar-refractivity contribution in [3.05, 3.63) is 45.4 Å². The molecule has 0 saturated carbocycles. The number of halogens is 1. The first-order chi connectivity index (χ1) is 9.90. The number of nitrogens with two attached hydrogens (primary N) is 1. The maximum absolute atomic E-state index is 12.1. The van der Waals surface area contributed by atoms with Crippen molar-refractivity contribution in [2.24, 2.45) is 5.73 Å². The minimum Gasteiger partial charge on any atom is -0.389 e. The molecule has 9 heteroatoms. The first-order valence-electron chi connectivity index (χ1n) is 5.86. The van der Waals surface area contributed by atoms with Crippen molar-refractivity contribution in [3.8, 4) is 0 Å². The molecule has 0 radical (unpaired) electrons. The smallest absolute Gasteiger partial charge is 0.240 e. The van der Waals surface area contributed by atoms with Gasteiger partial charge < -0.3 is 5.73 Å². The lowest BCUT2D eigenvalue weighted by Gasteiger charge is -2.08. The van der Waals surface area contributed by atoms with Crippen molar-refractivity contribution in [1.82, 2.24) is 9.71 Å². The molecule has 21 heavy (non-hydrogen) atoms. The zero-order chi connectivity index (χ0) is 15.5. The Hall–Kier alpha value is -1.06. The van der Waals surface area contributed by atoms with Crippen LogP contribution in [0.2, 0.25) is 5.02 Å². The monoisotopic (exact) mass is 361 g/mol. The molecule has 0 aliphatic heterocycles. The molecule has 0 aliphatic carbocycles. The van der Waals surface area contributed by atoms with E-state index in [1.54, 1.807) is 5.51 Å². The van der Waals surface area contributed by atoms with Gasteiger partial charge in [0.05, 0.1) is 21.1 Å². The molecule has 3 N–H and O–H groups in total. The number of hydrogen-bond donors (Lipinski definition) is 2. The lowest BCUT2D eigenvalue weighted by Crippen LogP contribution is -2.26. The van der Waals surface area contributed by atoms with Crippen molar-refractivity contribution in [2.45, 2.75) is 11.3 Å². The van der Waals surface area contributed by atoms with Crippen LogP contribution in [0.4, 0.5) is 0 Å². The molecule has 1 aromatic heterocycles. The number of rotatable bonds is 6. The number of hydrogen-bond acceptors (Lipinski definition) is 5. The topological polar surface area (TPSA) is 85.1 Å². The quantitative estimate of drug-likeness (QED) is 0.768. The Labute approximate surface area is 137 Å². The van der Waals surface area contributed by atoms with E-state index in [9.17, 15) is 8.42 Å². The number of aromatic nitrogens is 1. The average Bonchev–Trinajstić information content (AvgIpc) is 2.91. The van der Waals surface area contributed by atoms with Gasteiger partial charge in [-0.25, -0.2) is 18.1 Å². The van der Waals surface area contributed by atoms with Crippen LogP contribution in [0.1, 0.15) is 11.3 Å². The van der Waals surface area contributed by atoms with E-state index >= 15 is 0 Å². The Balaban J connectivity index is 2.08. The fourth-order valence-electron chi connectivity index (χ4n) is 1.62. The van der Waals surface area contributed by atoms with Gasteiger partial charge in [-0.1, -0.05) is 23.8 Å². The largest absolute Gasteiger partial charge is 0.389 e. The fraction of sp³-hybridized carbons (Fsp3) is 0.167. The van der Waals surface area contributed by atoms with Crippen LogP contribution in [0.15, 0.2) is 34.0 Å². The highest BCUT2D eigenvalue weighted by Crippen LogP contribution is 2.20. The van der Waals surface area contributed by atoms with Crippen LogP contribution in [-0.4, -0.2) is 24.9 Å². The second kappa shape index (κ2) is 6.80. The lowest BCUT2D eigenvalue weighted by molar-refractivity contribution is 0.581. The molecule has 112 valence electrons. The Morgan fingerprint density at radius 1 is 1.48 bits per heavy atom. The summed E-state index contributed by atoms with van der Waals surface area (Å²) in [5, 5.41) is 2.09. The summed E-state index contributed by atoms with van der Waals surface area (Å²) < 4.78 is 26.8. The van der Waals surface area contributed by atoms with Crippen molar-refractivity contribution in [2.75, 3.05) is 6.54 Å². The van der Waals surface area contributed by atoms with Gasteiger partial charge in [0.15, 0.2) is 0 Å². The number of sulfonamides is 1. The van der Waals surface area contributed by atoms with E-state index in [1.165, 1.54) is 29.5 Å². The number of thiocarbonyl (C=S) groups is 1. The second-order valence-electron chi connectivity index (χ2n) is 4.13. The van der Waals surface area contributed by atoms with E-state index in [0.717, 1.165) is 5.69 Å². The van der Waals surface area contributed by atoms with E-state index in [1.807, 2.05) is 5.38 Å². The molecule has 5 nitrogen and oxygen atoms in total. The number of nitrogens with one attached hydrogen (secondary N) is 1. The Kier molecular flexibility index (Phi) is 5.28. The van der Waals surface area contributed by atoms with Crippen LogP contribution in [0.3, 0.4) is 0 Å². The summed E-state index contributed by atoms with van der Waals surface area (Å²) in [7, 11) is -3.62. The summed E-state index contributed by atoms with van der Waals surface area (Å²) in [6.07, 6.45) is 0.529. The van der Waals surface area contributed by atoms with Crippen molar-refractivity contribution >= 4 is 50.2 Å². The van der Waals surface area contributed by atoms with Crippen LogP contribution in [0.25, 0.3) is 0 Å². The summed E-state index contributed by atoms with van der Waals surface area (Å²) in [4.78, 5) is 4.29. The zero-order valence-electron chi connectivity index (χ0n) is 10.7. The molecule has 0 fully saturated rings. The van der Waals surface area contributed by atoms with Gasteiger partial charge in [-0.05, 0) is 18.2 Å². The van der Waals surface area contributed by atoms with Gasteiger partial charge in [0.25, 0.3) is 0 Å². The third-order valence-electron chi connectivity index (χ3n) is 2.67. The van der Waals surface area contributed by atoms with Gasteiger partial charge in [0, 0.05) is 23.9 Å². The first kappa shape index (κ1) is 16.3. The molecule has 0 atom stereocenters. The highest BCUT2D eigenvalue weighted by atomic mass is 35.5. The Bertz CT molecular complexity index is 745. The SMILES string of the molecule is NC(=S)c1ccc(S(=O)(=O)NCCc2cscn2)cc1Cl. The van der Waals surface area contributed by atoms with E-state index in [-0.39, 0.29) is 21.5 Å². The van der Waals surface area contributed by atoms with Gasteiger partial charge in [0.1, 0.15) is 4.99 Å². The van der Waals surface area contributed by atoms with E-state index in [4.69, 9.17) is 29.6 Å². The maximum Gasteiger partial charge on any atom is 0.240 e. The molecule has 0 unspecified atom stereocenters. The van der Waals surface area contributed by atoms with Crippen molar-refractivity contribution < 1.29 is 8.42 Å². The molecule has 0 spiro atoms. The third kappa shape index (κ3) is 4.21. The molecule has 0 aliphatic rings. The molecular formula is C12H12ClN3O2S3. The van der Waals surface area contributed by atoms with E-state index < -0.39 is 10.0 Å². The molecule has 2 aromatic rings. The van der Waals surface area contributed by atoms with Crippen molar-refractivity contribution in [1.29, 1.82) is 0 Å². The normalized spacial score (nSPS) is 11.5. The number of benzene rings is 1. The molecule has 0 amide bonds. The summed E-state index contributed by atoms with van der Waals surface area (Å²) in [6, 6.07) is 4.26. The van der Waals surface area contributed by atoms with E-state index in [0.29, 0.717) is 12.0 Å². The average molecular weight is 362 g/mol. The first-order valence-corrected chi connectivity index (χ1v) is 9.07. The number of thiazole rings is 1. The van der Waals surface area contributed by atoms with Gasteiger partial charge in [0.2, 0.25) is 10.0 Å². The maximum atomic E-state index is 12.1. The predicted octanol–water partition coefficient (Wildman–Crippen LogP) is 1.95. The van der Waals surface area contributed by atoms with Gasteiger partial charge in [-0.3, -0.25) is 0 Å². The fourth-order valence-corrected chi connectivity index (χ4v) is 3.85. The summed E-state index contributed by atoms with van der Waals surface area (Å²) in [6.45, 7) is 0.265. The minimum absolute atomic E-state index is 0.0748. The standard InChI is InChI=1S/C12H12ClN3O2S3/c13-11-5-9(1-2-10(11)12(14)19)21(17,18)16-4-3-8-6-20-7-15-8/h1-2,5-7,16H,3-4H2,(H2,14,19). The van der Waals surface area contributed by atoms with Gasteiger partial charge in [-0.15, -0.1) is 11.3 Å². The third-order valence-corrected chi connectivity index (χ3v) is 5.30. The minimum atomic E-state index is -3.62. The summed E-state index contributed by atoms with van der Waals surface area (Å²) in [5.41, 5.74) is 8.49. The zero-order valence-corrected chi connectivity index (χ0v) is 14.0. The molecule has 0 bridgehead atoms. The Morgan fingerprint density at radius 2 is 2.24 bits per heavy atom. The summed E-state index contributed by atoms with van der Waals surface area (Å²) >= 11 is 12.3. The van der Waals surface area contributed by atoms with Gasteiger partial charge in [-0.2, -0.15) is 0 Å². The van der Waals surface area contributed by atoms with Crippen LogP contribution in [-0.2, 0) is 16.4 Å². The van der Waals surface area contributed by atoms with Crippen molar-refractivity contribution in [3.63, 3.8) is 0 Å². The Morgan fingerprint density at radius 3 is 2.81 bits per heavy atom. The number of nitrogens with zero attached hydrogens (tertiary/aromatic N) is 1. The molecule has 1 heterocycles. The van der Waals surface area contributed by atoms with Gasteiger partial charge >= 0.3 is 0 Å². The molecular weight excluding hydrogens is 350 g/mol. The lowest BCUT2D eigenvalue weighted by atomic mass is 10.2. The highest BCUT2D eigenvalue weighted by Gasteiger charge is 2.16. The summed E-state index contributed by atoms with van der Waals surface area (Å²) in [5.74, 6) is 0. The van der Waals surface area contributed by atoms with Crippen LogP contribution in [0, 0.1) is 0 Å². The predicted molar refractivity (Wildman–Crippen MR) is 88.3 cm³/mol. The second-order valence-corrected chi connectivity index (χ2v) is 7.47. The van der Waals surface area contributed by atoms with Crippen LogP contribution in [0.5, 0.6) is 0 Å². The highest BCUT2D eigenvalue weighted by molar-refractivity contribution is 7.89.